The molecule has 1 saturated heterocycles. The van der Waals surface area contributed by atoms with Gasteiger partial charge in [-0.05, 0) is 60.0 Å². The fraction of sp³-hybridized carbons (Fsp3) is 0.172. The Morgan fingerprint density at radius 3 is 2.73 bits per heavy atom. The zero-order valence-electron chi connectivity index (χ0n) is 21.9. The van der Waals surface area contributed by atoms with Crippen molar-refractivity contribution >= 4 is 61.0 Å². The third-order valence-electron chi connectivity index (χ3n) is 6.53. The number of nitrogens with one attached hydrogen (secondary N) is 2. The lowest BCUT2D eigenvalue weighted by atomic mass is 10.2. The minimum Gasteiger partial charge on any atom is -0.489 e. The highest BCUT2D eigenvalue weighted by molar-refractivity contribution is 7.93. The Morgan fingerprint density at radius 1 is 1.12 bits per heavy atom. The molecule has 10 nitrogen and oxygen atoms in total. The van der Waals surface area contributed by atoms with E-state index in [0.29, 0.717) is 52.8 Å². The van der Waals surface area contributed by atoms with Crippen molar-refractivity contribution < 1.29 is 17.9 Å². The maximum absolute atomic E-state index is 12.8. The van der Waals surface area contributed by atoms with E-state index in [0.717, 1.165) is 16.9 Å². The molecular formula is C29H26N6O4S2. The number of benzene rings is 3. The van der Waals surface area contributed by atoms with Gasteiger partial charge in [0.05, 0.1) is 29.1 Å². The van der Waals surface area contributed by atoms with E-state index in [2.05, 4.69) is 25.5 Å². The average Bonchev–Trinajstić information content (AvgIpc) is 3.70. The van der Waals surface area contributed by atoms with Gasteiger partial charge in [-0.3, -0.25) is 14.2 Å². The third kappa shape index (κ3) is 6.28. The Balaban J connectivity index is 1.05. The number of hydrogen-bond donors (Lipinski definition) is 2. The molecule has 12 heteroatoms. The number of aromatic amines is 1. The van der Waals surface area contributed by atoms with Gasteiger partial charge in [0, 0.05) is 23.5 Å². The van der Waals surface area contributed by atoms with E-state index in [1.807, 2.05) is 54.6 Å². The van der Waals surface area contributed by atoms with Crippen molar-refractivity contribution in [3.63, 3.8) is 0 Å². The predicted octanol–water partition coefficient (Wildman–Crippen LogP) is 5.07. The van der Waals surface area contributed by atoms with Crippen molar-refractivity contribution in [2.24, 2.45) is 4.99 Å². The summed E-state index contributed by atoms with van der Waals surface area (Å²) in [6, 6.07) is 22.8. The molecule has 2 N–H and O–H groups in total. The molecule has 208 valence electrons. The fourth-order valence-corrected chi connectivity index (χ4v) is 6.70. The smallest absolute Gasteiger partial charge is 0.235 e. The summed E-state index contributed by atoms with van der Waals surface area (Å²) in [4.78, 5) is 21.7. The number of carbonyl (C=O) groups is 1. The number of nitrogens with zero attached hydrogens (tertiary/aromatic N) is 4. The number of rotatable bonds is 9. The van der Waals surface area contributed by atoms with Gasteiger partial charge in [0.1, 0.15) is 12.4 Å². The molecule has 0 spiro atoms. The molecule has 2 aromatic heterocycles. The summed E-state index contributed by atoms with van der Waals surface area (Å²) in [5.74, 6) is 0.962. The molecule has 0 unspecified atom stereocenters. The highest BCUT2D eigenvalue weighted by Crippen LogP contribution is 2.30. The number of carbonyl (C=O) groups excluding carboxylic acids is 1. The molecule has 0 aliphatic carbocycles. The number of sulfonamides is 1. The first-order chi connectivity index (χ1) is 19.9. The third-order valence-corrected chi connectivity index (χ3v) is 9.19. The first-order valence-electron chi connectivity index (χ1n) is 13.0. The maximum Gasteiger partial charge on any atom is 0.235 e. The number of ether oxygens (including phenoxy) is 1. The summed E-state index contributed by atoms with van der Waals surface area (Å²) in [7, 11) is -3.31. The molecule has 0 saturated carbocycles. The van der Waals surface area contributed by atoms with Crippen LogP contribution in [0.4, 0.5) is 16.6 Å². The number of aliphatic imine (C=N–C) groups is 1. The molecule has 1 fully saturated rings. The van der Waals surface area contributed by atoms with Gasteiger partial charge < -0.3 is 10.1 Å². The van der Waals surface area contributed by atoms with Gasteiger partial charge in [0.15, 0.2) is 5.82 Å². The number of H-pyrrole nitrogens is 1. The lowest BCUT2D eigenvalue weighted by Gasteiger charge is -2.16. The Kier molecular flexibility index (Phi) is 7.49. The monoisotopic (exact) mass is 586 g/mol. The summed E-state index contributed by atoms with van der Waals surface area (Å²) < 4.78 is 31.9. The van der Waals surface area contributed by atoms with E-state index in [1.165, 1.54) is 15.6 Å². The number of aromatic nitrogens is 3. The summed E-state index contributed by atoms with van der Waals surface area (Å²) in [5.41, 5.74) is 3.85. The van der Waals surface area contributed by atoms with Gasteiger partial charge in [-0.2, -0.15) is 5.10 Å². The van der Waals surface area contributed by atoms with Crippen LogP contribution in [0.5, 0.6) is 5.75 Å². The minimum absolute atomic E-state index is 0.0496. The van der Waals surface area contributed by atoms with Crippen LogP contribution in [-0.2, 0) is 27.8 Å². The van der Waals surface area contributed by atoms with Crippen LogP contribution >= 0.6 is 11.3 Å². The number of anilines is 2. The lowest BCUT2D eigenvalue weighted by Crippen LogP contribution is -2.24. The quantitative estimate of drug-likeness (QED) is 0.232. The van der Waals surface area contributed by atoms with Crippen molar-refractivity contribution in [1.29, 1.82) is 0 Å². The lowest BCUT2D eigenvalue weighted by molar-refractivity contribution is -0.115. The molecule has 5 aromatic rings. The standard InChI is InChI=1S/C29H26N6O4S2/c36-27(32-28-25-16-23(9-12-26(25)33-34-28)35-13-4-14-41(35,37)38)15-22-19-40-29(31-22)30-17-20-7-10-24(11-8-20)39-18-21-5-2-1-3-6-21/h1-3,5-12,16-17,19H,4,13-15,18H2,(H2,32,33,34,36)/b30-17+. The first-order valence-corrected chi connectivity index (χ1v) is 15.5. The predicted molar refractivity (Wildman–Crippen MR) is 161 cm³/mol. The van der Waals surface area contributed by atoms with Crippen molar-refractivity contribution in [2.45, 2.75) is 19.4 Å². The number of amides is 1. The Labute approximate surface area is 240 Å². The van der Waals surface area contributed by atoms with Gasteiger partial charge in [-0.1, -0.05) is 30.3 Å². The topological polar surface area (TPSA) is 130 Å². The Bertz CT molecular complexity index is 1820. The van der Waals surface area contributed by atoms with Gasteiger partial charge in [-0.25, -0.2) is 18.4 Å². The largest absolute Gasteiger partial charge is 0.489 e. The van der Waals surface area contributed by atoms with E-state index >= 15 is 0 Å². The number of hydrogen-bond acceptors (Lipinski definition) is 8. The summed E-state index contributed by atoms with van der Waals surface area (Å²) in [6.07, 6.45) is 2.36. The summed E-state index contributed by atoms with van der Waals surface area (Å²) >= 11 is 1.35. The molecule has 41 heavy (non-hydrogen) atoms. The van der Waals surface area contributed by atoms with E-state index < -0.39 is 10.0 Å². The highest BCUT2D eigenvalue weighted by Gasteiger charge is 2.28. The minimum atomic E-state index is -3.31. The van der Waals surface area contributed by atoms with Gasteiger partial charge in [-0.15, -0.1) is 11.3 Å². The van der Waals surface area contributed by atoms with Crippen LogP contribution in [0.15, 0.2) is 83.2 Å². The molecule has 1 aliphatic heterocycles. The Morgan fingerprint density at radius 2 is 1.95 bits per heavy atom. The first kappa shape index (κ1) is 26.7. The van der Waals surface area contributed by atoms with Crippen LogP contribution in [0.1, 0.15) is 23.2 Å². The van der Waals surface area contributed by atoms with Crippen molar-refractivity contribution in [3.8, 4) is 5.75 Å². The van der Waals surface area contributed by atoms with Gasteiger partial charge in [0.2, 0.25) is 21.1 Å². The van der Waals surface area contributed by atoms with E-state index in [1.54, 1.807) is 29.8 Å². The number of thiazole rings is 1. The molecule has 6 rings (SSSR count). The Hall–Kier alpha value is -4.55. The second kappa shape index (κ2) is 11.5. The summed E-state index contributed by atoms with van der Waals surface area (Å²) in [5, 5.41) is 12.9. The van der Waals surface area contributed by atoms with Crippen LogP contribution in [-0.4, -0.2) is 48.0 Å². The van der Waals surface area contributed by atoms with Crippen molar-refractivity contribution in [2.75, 3.05) is 21.9 Å². The molecule has 3 aromatic carbocycles. The zero-order chi connectivity index (χ0) is 28.2. The molecule has 1 amide bonds. The van der Waals surface area contributed by atoms with Crippen LogP contribution in [0, 0.1) is 0 Å². The molecule has 0 bridgehead atoms. The fourth-order valence-electron chi connectivity index (χ4n) is 4.48. The molecule has 0 radical (unpaired) electrons. The summed E-state index contributed by atoms with van der Waals surface area (Å²) in [6.45, 7) is 0.945. The molecule has 0 atom stereocenters. The zero-order valence-corrected chi connectivity index (χ0v) is 23.5. The van der Waals surface area contributed by atoms with Crippen molar-refractivity contribution in [3.05, 3.63) is 95.0 Å². The van der Waals surface area contributed by atoms with E-state index in [-0.39, 0.29) is 18.1 Å². The van der Waals surface area contributed by atoms with Crippen LogP contribution in [0.2, 0.25) is 0 Å². The van der Waals surface area contributed by atoms with Crippen LogP contribution in [0.3, 0.4) is 0 Å². The van der Waals surface area contributed by atoms with Gasteiger partial charge >= 0.3 is 0 Å². The highest BCUT2D eigenvalue weighted by atomic mass is 32.2. The maximum atomic E-state index is 12.8. The van der Waals surface area contributed by atoms with E-state index in [4.69, 9.17) is 4.74 Å². The number of fused-ring (bicyclic) bond motifs is 1. The normalized spacial score (nSPS) is 14.6. The second-order valence-electron chi connectivity index (χ2n) is 9.49. The van der Waals surface area contributed by atoms with Gasteiger partial charge in [0.25, 0.3) is 0 Å². The molecular weight excluding hydrogens is 560 g/mol. The molecule has 1 aliphatic rings. The average molecular weight is 587 g/mol. The van der Waals surface area contributed by atoms with Crippen molar-refractivity contribution in [1.82, 2.24) is 15.2 Å². The van der Waals surface area contributed by atoms with Crippen LogP contribution < -0.4 is 14.4 Å². The molecule has 3 heterocycles. The van der Waals surface area contributed by atoms with Crippen LogP contribution in [0.25, 0.3) is 10.9 Å². The second-order valence-corrected chi connectivity index (χ2v) is 12.3. The SMILES string of the molecule is O=C(Cc1csc(/N=C/c2ccc(OCc3ccccc3)cc2)n1)Nc1n[nH]c2ccc(N3CCCS3(=O)=O)cc12. The van der Waals surface area contributed by atoms with E-state index in [9.17, 15) is 13.2 Å².